The second-order valence-electron chi connectivity index (χ2n) is 3.22. The molecule has 0 atom stereocenters. The molecular formula is C11H9ClN2O2. The number of aromatic nitrogens is 1. The predicted molar refractivity (Wildman–Crippen MR) is 60.6 cm³/mol. The van der Waals surface area contributed by atoms with E-state index in [2.05, 4.69) is 10.3 Å². The van der Waals surface area contributed by atoms with Crippen LogP contribution in [0.2, 0.25) is 5.02 Å². The predicted octanol–water partition coefficient (Wildman–Crippen LogP) is 2.89. The van der Waals surface area contributed by atoms with E-state index in [9.17, 15) is 4.79 Å². The van der Waals surface area contributed by atoms with Gasteiger partial charge in [0.1, 0.15) is 6.26 Å². The highest BCUT2D eigenvalue weighted by Crippen LogP contribution is 2.15. The summed E-state index contributed by atoms with van der Waals surface area (Å²) in [6, 6.07) is 6.90. The molecule has 82 valence electrons. The maximum absolute atomic E-state index is 11.7. The highest BCUT2D eigenvalue weighted by atomic mass is 35.5. The fourth-order valence-electron chi connectivity index (χ4n) is 1.23. The van der Waals surface area contributed by atoms with Crippen LogP contribution in [0.15, 0.2) is 34.9 Å². The highest BCUT2D eigenvalue weighted by molar-refractivity contribution is 6.30. The lowest BCUT2D eigenvalue weighted by molar-refractivity contribution is 0.102. The Morgan fingerprint density at radius 2 is 2.31 bits per heavy atom. The minimum absolute atomic E-state index is 0.248. The van der Waals surface area contributed by atoms with Gasteiger partial charge in [0, 0.05) is 17.6 Å². The van der Waals surface area contributed by atoms with Crippen molar-refractivity contribution < 1.29 is 9.21 Å². The topological polar surface area (TPSA) is 55.1 Å². The summed E-state index contributed by atoms with van der Waals surface area (Å²) < 4.78 is 4.95. The molecular weight excluding hydrogens is 228 g/mol. The van der Waals surface area contributed by atoms with Crippen LogP contribution in [0.3, 0.4) is 0 Å². The number of halogens is 1. The number of carbonyl (C=O) groups is 1. The fourth-order valence-corrected chi connectivity index (χ4v) is 1.42. The molecule has 16 heavy (non-hydrogen) atoms. The van der Waals surface area contributed by atoms with Gasteiger partial charge in [-0.1, -0.05) is 17.7 Å². The van der Waals surface area contributed by atoms with Gasteiger partial charge in [-0.15, -0.1) is 0 Å². The number of nitrogens with zero attached hydrogens (tertiary/aromatic N) is 1. The SMILES string of the molecule is Cc1nc(C(=O)Nc2cccc(Cl)c2)co1. The van der Waals surface area contributed by atoms with E-state index in [1.54, 1.807) is 31.2 Å². The Morgan fingerprint density at radius 1 is 1.50 bits per heavy atom. The third kappa shape index (κ3) is 2.41. The number of oxazole rings is 1. The number of aryl methyl sites for hydroxylation is 1. The van der Waals surface area contributed by atoms with Gasteiger partial charge in [-0.25, -0.2) is 4.98 Å². The zero-order chi connectivity index (χ0) is 11.5. The van der Waals surface area contributed by atoms with Gasteiger partial charge in [0.25, 0.3) is 5.91 Å². The minimum Gasteiger partial charge on any atom is -0.448 e. The second kappa shape index (κ2) is 4.37. The lowest BCUT2D eigenvalue weighted by Crippen LogP contribution is -2.12. The van der Waals surface area contributed by atoms with Crippen LogP contribution in [0.4, 0.5) is 5.69 Å². The van der Waals surface area contributed by atoms with Crippen molar-refractivity contribution in [2.75, 3.05) is 5.32 Å². The molecule has 0 unspecified atom stereocenters. The van der Waals surface area contributed by atoms with E-state index in [1.165, 1.54) is 6.26 Å². The Hall–Kier alpha value is -1.81. The summed E-state index contributed by atoms with van der Waals surface area (Å²) in [6.45, 7) is 1.68. The molecule has 4 nitrogen and oxygen atoms in total. The molecule has 0 aliphatic rings. The van der Waals surface area contributed by atoms with Crippen LogP contribution in [0.1, 0.15) is 16.4 Å². The van der Waals surface area contributed by atoms with Crippen molar-refractivity contribution in [3.63, 3.8) is 0 Å². The molecule has 0 aliphatic carbocycles. The number of rotatable bonds is 2. The smallest absolute Gasteiger partial charge is 0.277 e. The number of carbonyl (C=O) groups excluding carboxylic acids is 1. The second-order valence-corrected chi connectivity index (χ2v) is 3.65. The van der Waals surface area contributed by atoms with Gasteiger partial charge in [0.15, 0.2) is 11.6 Å². The third-order valence-corrected chi connectivity index (χ3v) is 2.17. The van der Waals surface area contributed by atoms with Gasteiger partial charge >= 0.3 is 0 Å². The summed E-state index contributed by atoms with van der Waals surface area (Å²) >= 11 is 5.79. The first-order valence-corrected chi connectivity index (χ1v) is 5.02. The normalized spacial score (nSPS) is 10.1. The van der Waals surface area contributed by atoms with Gasteiger partial charge in [-0.2, -0.15) is 0 Å². The molecule has 0 fully saturated rings. The number of nitrogens with one attached hydrogen (secondary N) is 1. The third-order valence-electron chi connectivity index (χ3n) is 1.93. The summed E-state index contributed by atoms with van der Waals surface area (Å²) in [4.78, 5) is 15.6. The summed E-state index contributed by atoms with van der Waals surface area (Å²) in [6.07, 6.45) is 1.31. The van der Waals surface area contributed by atoms with Crippen molar-refractivity contribution in [1.82, 2.24) is 4.98 Å². The van der Waals surface area contributed by atoms with Crippen LogP contribution in [-0.2, 0) is 0 Å². The molecule has 0 radical (unpaired) electrons. The largest absolute Gasteiger partial charge is 0.448 e. The lowest BCUT2D eigenvalue weighted by Gasteiger charge is -2.02. The van der Waals surface area contributed by atoms with Crippen molar-refractivity contribution in [3.8, 4) is 0 Å². The Balaban J connectivity index is 2.13. The molecule has 1 amide bonds. The summed E-state index contributed by atoms with van der Waals surface area (Å²) in [5.41, 5.74) is 0.871. The zero-order valence-electron chi connectivity index (χ0n) is 8.53. The number of hydrogen-bond donors (Lipinski definition) is 1. The van der Waals surface area contributed by atoms with Gasteiger partial charge in [-0.05, 0) is 18.2 Å². The van der Waals surface area contributed by atoms with Gasteiger partial charge < -0.3 is 9.73 Å². The summed E-state index contributed by atoms with van der Waals surface area (Å²) in [5.74, 6) is 0.135. The standard InChI is InChI=1S/C11H9ClN2O2/c1-7-13-10(6-16-7)11(15)14-9-4-2-3-8(12)5-9/h2-6H,1H3,(H,14,15). The van der Waals surface area contributed by atoms with E-state index in [1.807, 2.05) is 0 Å². The van der Waals surface area contributed by atoms with Crippen molar-refractivity contribution in [1.29, 1.82) is 0 Å². The Labute approximate surface area is 97.2 Å². The quantitative estimate of drug-likeness (QED) is 0.872. The van der Waals surface area contributed by atoms with E-state index in [4.69, 9.17) is 16.0 Å². The molecule has 1 aromatic heterocycles. The monoisotopic (exact) mass is 236 g/mol. The van der Waals surface area contributed by atoms with Gasteiger partial charge in [0.2, 0.25) is 0 Å². The molecule has 1 N–H and O–H groups in total. The first-order valence-electron chi connectivity index (χ1n) is 4.64. The van der Waals surface area contributed by atoms with Crippen molar-refractivity contribution in [3.05, 3.63) is 47.1 Å². The number of hydrogen-bond acceptors (Lipinski definition) is 3. The Bertz CT molecular complexity index is 522. The zero-order valence-corrected chi connectivity index (χ0v) is 9.28. The number of anilines is 1. The van der Waals surface area contributed by atoms with Crippen LogP contribution < -0.4 is 5.32 Å². The van der Waals surface area contributed by atoms with Gasteiger partial charge in [0.05, 0.1) is 0 Å². The fraction of sp³-hybridized carbons (Fsp3) is 0.0909. The lowest BCUT2D eigenvalue weighted by atomic mass is 10.3. The first-order chi connectivity index (χ1) is 7.65. The molecule has 0 spiro atoms. The minimum atomic E-state index is -0.320. The summed E-state index contributed by atoms with van der Waals surface area (Å²) in [5, 5.41) is 3.23. The van der Waals surface area contributed by atoms with E-state index in [-0.39, 0.29) is 11.6 Å². The molecule has 0 bridgehead atoms. The molecule has 1 aromatic carbocycles. The Kier molecular flexibility index (Phi) is 2.92. The van der Waals surface area contributed by atoms with Crippen molar-refractivity contribution in [2.45, 2.75) is 6.92 Å². The van der Waals surface area contributed by atoms with Crippen LogP contribution in [0.25, 0.3) is 0 Å². The van der Waals surface area contributed by atoms with E-state index >= 15 is 0 Å². The molecule has 0 saturated carbocycles. The van der Waals surface area contributed by atoms with Gasteiger partial charge in [-0.3, -0.25) is 4.79 Å². The molecule has 2 rings (SSSR count). The number of amides is 1. The average Bonchev–Trinajstić information content (AvgIpc) is 2.65. The highest BCUT2D eigenvalue weighted by Gasteiger charge is 2.10. The maximum Gasteiger partial charge on any atom is 0.277 e. The molecule has 1 heterocycles. The van der Waals surface area contributed by atoms with Crippen LogP contribution in [0, 0.1) is 6.92 Å². The first kappa shape index (κ1) is 10.7. The van der Waals surface area contributed by atoms with E-state index in [0.717, 1.165) is 0 Å². The molecule has 0 saturated heterocycles. The molecule has 5 heteroatoms. The number of benzene rings is 1. The van der Waals surface area contributed by atoms with Crippen molar-refractivity contribution in [2.24, 2.45) is 0 Å². The van der Waals surface area contributed by atoms with E-state index in [0.29, 0.717) is 16.6 Å². The Morgan fingerprint density at radius 3 is 2.94 bits per heavy atom. The molecule has 2 aromatic rings. The average molecular weight is 237 g/mol. The van der Waals surface area contributed by atoms with Crippen LogP contribution >= 0.6 is 11.6 Å². The van der Waals surface area contributed by atoms with Crippen LogP contribution in [0.5, 0.6) is 0 Å². The maximum atomic E-state index is 11.7. The van der Waals surface area contributed by atoms with E-state index < -0.39 is 0 Å². The summed E-state index contributed by atoms with van der Waals surface area (Å²) in [7, 11) is 0. The van der Waals surface area contributed by atoms with Crippen molar-refractivity contribution >= 4 is 23.2 Å². The molecule has 0 aliphatic heterocycles. The van der Waals surface area contributed by atoms with Crippen LogP contribution in [-0.4, -0.2) is 10.9 Å².